The van der Waals surface area contributed by atoms with Crippen LogP contribution >= 0.6 is 36.2 Å². The summed E-state index contributed by atoms with van der Waals surface area (Å²) in [5, 5.41) is 9.51. The summed E-state index contributed by atoms with van der Waals surface area (Å²) in [6.45, 7) is 6.33. The van der Waals surface area contributed by atoms with Gasteiger partial charge in [0.05, 0.1) is 10.9 Å². The van der Waals surface area contributed by atoms with Crippen molar-refractivity contribution >= 4 is 42.1 Å². The minimum absolute atomic E-state index is 0. The van der Waals surface area contributed by atoms with Crippen molar-refractivity contribution in [3.05, 3.63) is 23.4 Å². The van der Waals surface area contributed by atoms with Crippen LogP contribution in [0.4, 0.5) is 0 Å². The molecule has 1 amide bonds. The number of carbonyl (C=O) groups excluding carboxylic acids is 1. The highest BCUT2D eigenvalue weighted by Crippen LogP contribution is 2.26. The number of thiophene rings is 1. The molecule has 2 aromatic heterocycles. The molecule has 2 fully saturated rings. The first-order valence-electron chi connectivity index (χ1n) is 9.33. The number of hydrogen-bond acceptors (Lipinski definition) is 7. The summed E-state index contributed by atoms with van der Waals surface area (Å²) in [5.41, 5.74) is 0. The lowest BCUT2D eigenvalue weighted by Crippen LogP contribution is -2.50. The Morgan fingerprint density at radius 1 is 1.36 bits per heavy atom. The highest BCUT2D eigenvalue weighted by molar-refractivity contribution is 7.13. The number of halogens is 2. The van der Waals surface area contributed by atoms with E-state index in [4.69, 9.17) is 4.52 Å². The molecule has 2 aromatic rings. The standard InChI is InChI=1S/C18H25N5O2S.2ClH/c1-13(18-20-17(21-25-18)15-5-3-11-26-15)22-7-9-23(10-8-22)16(24)12-14-4-2-6-19-14;;/h3,5,11,13-14,19H,2,4,6-10,12H2,1H3;2*1H. The fraction of sp³-hybridized carbons (Fsp3) is 0.611. The number of nitrogens with one attached hydrogen (secondary N) is 1. The molecule has 2 aliphatic rings. The molecule has 7 nitrogen and oxygen atoms in total. The highest BCUT2D eigenvalue weighted by atomic mass is 35.5. The van der Waals surface area contributed by atoms with Gasteiger partial charge in [0.2, 0.25) is 17.6 Å². The van der Waals surface area contributed by atoms with Gasteiger partial charge in [-0.15, -0.1) is 36.2 Å². The molecule has 2 atom stereocenters. The smallest absolute Gasteiger partial charge is 0.244 e. The fourth-order valence-electron chi connectivity index (χ4n) is 3.70. The summed E-state index contributed by atoms with van der Waals surface area (Å²) >= 11 is 1.61. The second kappa shape index (κ2) is 10.5. The molecule has 1 N–H and O–H groups in total. The summed E-state index contributed by atoms with van der Waals surface area (Å²) in [5.74, 6) is 1.57. The lowest BCUT2D eigenvalue weighted by molar-refractivity contribution is -0.133. The van der Waals surface area contributed by atoms with Crippen LogP contribution in [-0.2, 0) is 4.79 Å². The molecule has 156 valence electrons. The molecule has 0 aliphatic carbocycles. The molecule has 0 saturated carbocycles. The summed E-state index contributed by atoms with van der Waals surface area (Å²) in [6, 6.07) is 4.41. The maximum absolute atomic E-state index is 12.5. The van der Waals surface area contributed by atoms with Crippen molar-refractivity contribution in [2.45, 2.75) is 38.3 Å². The SMILES string of the molecule is CC(c1nc(-c2cccs2)no1)N1CCN(C(=O)CC2CCCN2)CC1.Cl.Cl. The molecular weight excluding hydrogens is 421 g/mol. The Balaban J connectivity index is 0.00000140. The molecule has 0 radical (unpaired) electrons. The Labute approximate surface area is 181 Å². The summed E-state index contributed by atoms with van der Waals surface area (Å²) in [4.78, 5) is 22.3. The van der Waals surface area contributed by atoms with Crippen LogP contribution in [0.15, 0.2) is 22.0 Å². The fourth-order valence-corrected chi connectivity index (χ4v) is 4.35. The van der Waals surface area contributed by atoms with Gasteiger partial charge in [-0.2, -0.15) is 4.98 Å². The number of nitrogens with zero attached hydrogens (tertiary/aromatic N) is 4. The number of aromatic nitrogens is 2. The Morgan fingerprint density at radius 2 is 2.14 bits per heavy atom. The van der Waals surface area contributed by atoms with Gasteiger partial charge in [-0.25, -0.2) is 0 Å². The van der Waals surface area contributed by atoms with Crippen LogP contribution in [0.5, 0.6) is 0 Å². The molecule has 28 heavy (non-hydrogen) atoms. The zero-order valence-corrected chi connectivity index (χ0v) is 18.3. The first kappa shape index (κ1) is 23.1. The first-order valence-corrected chi connectivity index (χ1v) is 10.2. The van der Waals surface area contributed by atoms with Crippen LogP contribution in [0.25, 0.3) is 10.7 Å². The molecule has 0 aromatic carbocycles. The zero-order chi connectivity index (χ0) is 17.9. The van der Waals surface area contributed by atoms with Crippen molar-refractivity contribution < 1.29 is 9.32 Å². The third kappa shape index (κ3) is 5.24. The van der Waals surface area contributed by atoms with Gasteiger partial charge in [0, 0.05) is 38.6 Å². The number of piperazine rings is 1. The second-order valence-electron chi connectivity index (χ2n) is 7.02. The van der Waals surface area contributed by atoms with Crippen molar-refractivity contribution in [1.29, 1.82) is 0 Å². The van der Waals surface area contributed by atoms with E-state index in [0.717, 1.165) is 44.0 Å². The van der Waals surface area contributed by atoms with Crippen molar-refractivity contribution in [2.75, 3.05) is 32.7 Å². The number of carbonyl (C=O) groups is 1. The normalized spacial score (nSPS) is 21.0. The maximum Gasteiger partial charge on any atom is 0.244 e. The quantitative estimate of drug-likeness (QED) is 0.758. The van der Waals surface area contributed by atoms with Crippen LogP contribution in [0.3, 0.4) is 0 Å². The van der Waals surface area contributed by atoms with Gasteiger partial charge in [0.15, 0.2) is 0 Å². The van der Waals surface area contributed by atoms with Gasteiger partial charge in [-0.05, 0) is 37.8 Å². The maximum atomic E-state index is 12.5. The Kier molecular flexibility index (Phi) is 8.70. The van der Waals surface area contributed by atoms with Crippen LogP contribution in [0.1, 0.15) is 38.1 Å². The van der Waals surface area contributed by atoms with Gasteiger partial charge in [0.25, 0.3) is 0 Å². The van der Waals surface area contributed by atoms with Crippen LogP contribution in [-0.4, -0.2) is 64.6 Å². The largest absolute Gasteiger partial charge is 0.340 e. The minimum atomic E-state index is 0. The van der Waals surface area contributed by atoms with E-state index in [0.29, 0.717) is 24.2 Å². The third-order valence-electron chi connectivity index (χ3n) is 5.34. The molecule has 4 rings (SSSR count). The predicted molar refractivity (Wildman–Crippen MR) is 114 cm³/mol. The van der Waals surface area contributed by atoms with Crippen molar-refractivity contribution in [3.8, 4) is 10.7 Å². The van der Waals surface area contributed by atoms with Gasteiger partial charge in [-0.3, -0.25) is 9.69 Å². The Hall–Kier alpha value is -1.19. The molecule has 0 spiro atoms. The van der Waals surface area contributed by atoms with E-state index in [9.17, 15) is 4.79 Å². The molecule has 2 aliphatic heterocycles. The summed E-state index contributed by atoms with van der Waals surface area (Å²) in [6.07, 6.45) is 2.93. The topological polar surface area (TPSA) is 74.5 Å². The lowest BCUT2D eigenvalue weighted by Gasteiger charge is -2.37. The highest BCUT2D eigenvalue weighted by Gasteiger charge is 2.29. The first-order chi connectivity index (χ1) is 12.7. The average molecular weight is 448 g/mol. The van der Waals surface area contributed by atoms with E-state index in [-0.39, 0.29) is 36.8 Å². The third-order valence-corrected chi connectivity index (χ3v) is 6.20. The van der Waals surface area contributed by atoms with Gasteiger partial charge in [0.1, 0.15) is 0 Å². The number of hydrogen-bond donors (Lipinski definition) is 1. The molecule has 0 bridgehead atoms. The molecule has 2 unspecified atom stereocenters. The van der Waals surface area contributed by atoms with Crippen LogP contribution in [0.2, 0.25) is 0 Å². The van der Waals surface area contributed by atoms with Crippen molar-refractivity contribution in [1.82, 2.24) is 25.3 Å². The summed E-state index contributed by atoms with van der Waals surface area (Å²) in [7, 11) is 0. The Bertz CT molecular complexity index is 728. The molecular formula is C18H27Cl2N5O2S. The van der Waals surface area contributed by atoms with E-state index in [1.165, 1.54) is 6.42 Å². The molecule has 2 saturated heterocycles. The van der Waals surface area contributed by atoms with Gasteiger partial charge < -0.3 is 14.7 Å². The van der Waals surface area contributed by atoms with Crippen molar-refractivity contribution in [3.63, 3.8) is 0 Å². The zero-order valence-electron chi connectivity index (χ0n) is 15.9. The monoisotopic (exact) mass is 447 g/mol. The van der Waals surface area contributed by atoms with Crippen LogP contribution < -0.4 is 5.32 Å². The Morgan fingerprint density at radius 3 is 2.79 bits per heavy atom. The number of rotatable bonds is 5. The van der Waals surface area contributed by atoms with E-state index >= 15 is 0 Å². The minimum Gasteiger partial charge on any atom is -0.340 e. The van der Waals surface area contributed by atoms with Crippen LogP contribution in [0, 0.1) is 0 Å². The lowest BCUT2D eigenvalue weighted by atomic mass is 10.1. The summed E-state index contributed by atoms with van der Waals surface area (Å²) < 4.78 is 5.48. The van der Waals surface area contributed by atoms with Gasteiger partial charge in [-0.1, -0.05) is 11.2 Å². The van der Waals surface area contributed by atoms with E-state index in [1.54, 1.807) is 11.3 Å². The predicted octanol–water partition coefficient (Wildman–Crippen LogP) is 2.99. The van der Waals surface area contributed by atoms with E-state index in [1.807, 2.05) is 22.4 Å². The average Bonchev–Trinajstić information content (AvgIpc) is 3.42. The number of amides is 1. The molecule has 10 heteroatoms. The second-order valence-corrected chi connectivity index (χ2v) is 7.97. The van der Waals surface area contributed by atoms with Gasteiger partial charge >= 0.3 is 0 Å². The van der Waals surface area contributed by atoms with Crippen molar-refractivity contribution in [2.24, 2.45) is 0 Å². The van der Waals surface area contributed by atoms with E-state index < -0.39 is 0 Å². The van der Waals surface area contributed by atoms with E-state index in [2.05, 4.69) is 27.3 Å². The molecule has 4 heterocycles.